The SMILES string of the molecule is CCNCC(C)CSc1nc(CC)ns1. The molecule has 15 heavy (non-hydrogen) atoms. The summed E-state index contributed by atoms with van der Waals surface area (Å²) in [6.45, 7) is 8.62. The van der Waals surface area contributed by atoms with Crippen molar-refractivity contribution in [1.29, 1.82) is 0 Å². The first-order chi connectivity index (χ1) is 7.26. The van der Waals surface area contributed by atoms with Crippen LogP contribution in [0.4, 0.5) is 0 Å². The van der Waals surface area contributed by atoms with E-state index in [1.165, 1.54) is 11.5 Å². The Bertz CT molecular complexity index is 275. The second-order valence-electron chi connectivity index (χ2n) is 3.55. The minimum atomic E-state index is 0.684. The van der Waals surface area contributed by atoms with Crippen molar-refractivity contribution in [2.24, 2.45) is 5.92 Å². The molecule has 1 aromatic heterocycles. The Hall–Kier alpha value is -0.130. The van der Waals surface area contributed by atoms with Crippen LogP contribution >= 0.6 is 23.3 Å². The maximum absolute atomic E-state index is 4.43. The van der Waals surface area contributed by atoms with Gasteiger partial charge in [-0.1, -0.05) is 32.5 Å². The monoisotopic (exact) mass is 245 g/mol. The minimum absolute atomic E-state index is 0.684. The summed E-state index contributed by atoms with van der Waals surface area (Å²) in [6, 6.07) is 0. The third-order valence-electron chi connectivity index (χ3n) is 2.00. The van der Waals surface area contributed by atoms with Crippen molar-refractivity contribution in [3.8, 4) is 0 Å². The molecule has 1 unspecified atom stereocenters. The average molecular weight is 245 g/mol. The molecule has 0 aliphatic carbocycles. The van der Waals surface area contributed by atoms with Gasteiger partial charge in [-0.2, -0.15) is 4.37 Å². The van der Waals surface area contributed by atoms with Gasteiger partial charge < -0.3 is 5.32 Å². The molecule has 1 rings (SSSR count). The maximum Gasteiger partial charge on any atom is 0.170 e. The van der Waals surface area contributed by atoms with E-state index in [2.05, 4.69) is 35.4 Å². The van der Waals surface area contributed by atoms with Gasteiger partial charge in [0.1, 0.15) is 5.82 Å². The molecule has 3 nitrogen and oxygen atoms in total. The van der Waals surface area contributed by atoms with E-state index in [1.807, 2.05) is 11.8 Å². The van der Waals surface area contributed by atoms with Gasteiger partial charge in [0.25, 0.3) is 0 Å². The second kappa shape index (κ2) is 7.19. The largest absolute Gasteiger partial charge is 0.317 e. The van der Waals surface area contributed by atoms with E-state index < -0.39 is 0 Å². The highest BCUT2D eigenvalue weighted by molar-refractivity contribution is 8.00. The van der Waals surface area contributed by atoms with E-state index in [0.29, 0.717) is 5.92 Å². The van der Waals surface area contributed by atoms with Crippen molar-refractivity contribution in [3.05, 3.63) is 5.82 Å². The Kier molecular flexibility index (Phi) is 6.20. The van der Waals surface area contributed by atoms with Gasteiger partial charge in [-0.15, -0.1) is 0 Å². The molecule has 5 heteroatoms. The lowest BCUT2D eigenvalue weighted by Gasteiger charge is -2.09. The fourth-order valence-corrected chi connectivity index (χ4v) is 2.84. The Labute approximate surface area is 100 Å². The highest BCUT2D eigenvalue weighted by atomic mass is 32.2. The van der Waals surface area contributed by atoms with Crippen LogP contribution in [0, 0.1) is 5.92 Å². The van der Waals surface area contributed by atoms with Crippen molar-refractivity contribution < 1.29 is 0 Å². The van der Waals surface area contributed by atoms with Gasteiger partial charge in [0.05, 0.1) is 0 Å². The van der Waals surface area contributed by atoms with E-state index in [1.54, 1.807) is 0 Å². The highest BCUT2D eigenvalue weighted by Crippen LogP contribution is 2.22. The molecule has 0 saturated carbocycles. The number of aromatic nitrogens is 2. The van der Waals surface area contributed by atoms with Gasteiger partial charge in [-0.3, -0.25) is 0 Å². The third-order valence-corrected chi connectivity index (χ3v) is 4.20. The molecule has 0 saturated heterocycles. The van der Waals surface area contributed by atoms with Gasteiger partial charge in [-0.05, 0) is 30.5 Å². The molecular formula is C10H19N3S2. The van der Waals surface area contributed by atoms with E-state index in [4.69, 9.17) is 0 Å². The van der Waals surface area contributed by atoms with E-state index in [9.17, 15) is 0 Å². The normalized spacial score (nSPS) is 13.0. The Morgan fingerprint density at radius 2 is 2.27 bits per heavy atom. The molecule has 0 fully saturated rings. The summed E-state index contributed by atoms with van der Waals surface area (Å²) in [7, 11) is 0. The summed E-state index contributed by atoms with van der Waals surface area (Å²) in [5.41, 5.74) is 0. The smallest absolute Gasteiger partial charge is 0.170 e. The molecule has 1 N–H and O–H groups in total. The summed E-state index contributed by atoms with van der Waals surface area (Å²) in [5.74, 6) is 2.77. The Morgan fingerprint density at radius 3 is 2.87 bits per heavy atom. The number of hydrogen-bond acceptors (Lipinski definition) is 5. The Morgan fingerprint density at radius 1 is 1.47 bits per heavy atom. The van der Waals surface area contributed by atoms with Crippen molar-refractivity contribution in [2.75, 3.05) is 18.8 Å². The molecule has 0 aliphatic rings. The zero-order chi connectivity index (χ0) is 11.1. The Balaban J connectivity index is 2.24. The van der Waals surface area contributed by atoms with Crippen LogP contribution in [0.1, 0.15) is 26.6 Å². The summed E-state index contributed by atoms with van der Waals surface area (Å²) in [6.07, 6.45) is 0.935. The van der Waals surface area contributed by atoms with Crippen molar-refractivity contribution >= 4 is 23.3 Å². The summed E-state index contributed by atoms with van der Waals surface area (Å²) >= 11 is 3.34. The number of hydrogen-bond donors (Lipinski definition) is 1. The molecule has 1 aromatic rings. The minimum Gasteiger partial charge on any atom is -0.317 e. The number of nitrogens with zero attached hydrogens (tertiary/aromatic N) is 2. The van der Waals surface area contributed by atoms with Crippen LogP contribution in [0.2, 0.25) is 0 Å². The molecule has 0 bridgehead atoms. The quantitative estimate of drug-likeness (QED) is 0.749. The molecule has 0 radical (unpaired) electrons. The van der Waals surface area contributed by atoms with Crippen molar-refractivity contribution in [3.63, 3.8) is 0 Å². The highest BCUT2D eigenvalue weighted by Gasteiger charge is 2.06. The predicted molar refractivity (Wildman–Crippen MR) is 67.7 cm³/mol. The first-order valence-electron chi connectivity index (χ1n) is 5.42. The van der Waals surface area contributed by atoms with Crippen LogP contribution in [0.25, 0.3) is 0 Å². The van der Waals surface area contributed by atoms with Crippen LogP contribution < -0.4 is 5.32 Å². The molecule has 0 amide bonds. The second-order valence-corrected chi connectivity index (χ2v) is 5.57. The summed E-state index contributed by atoms with van der Waals surface area (Å²) in [5, 5.41) is 3.35. The number of thioether (sulfide) groups is 1. The topological polar surface area (TPSA) is 37.8 Å². The number of aryl methyl sites for hydroxylation is 1. The van der Waals surface area contributed by atoms with Gasteiger partial charge >= 0.3 is 0 Å². The lowest BCUT2D eigenvalue weighted by molar-refractivity contribution is 0.574. The van der Waals surface area contributed by atoms with Crippen molar-refractivity contribution in [2.45, 2.75) is 31.5 Å². The molecule has 1 atom stereocenters. The van der Waals surface area contributed by atoms with Gasteiger partial charge in [0, 0.05) is 12.2 Å². The molecule has 86 valence electrons. The van der Waals surface area contributed by atoms with Crippen LogP contribution in [-0.4, -0.2) is 28.2 Å². The van der Waals surface area contributed by atoms with E-state index >= 15 is 0 Å². The molecule has 1 heterocycles. The fraction of sp³-hybridized carbons (Fsp3) is 0.800. The molecular weight excluding hydrogens is 226 g/mol. The fourth-order valence-electron chi connectivity index (χ4n) is 1.10. The van der Waals surface area contributed by atoms with E-state index in [0.717, 1.165) is 35.4 Å². The third kappa shape index (κ3) is 4.95. The van der Waals surface area contributed by atoms with Gasteiger partial charge in [-0.25, -0.2) is 4.98 Å². The van der Waals surface area contributed by atoms with Crippen LogP contribution in [0.15, 0.2) is 4.34 Å². The molecule has 0 aromatic carbocycles. The van der Waals surface area contributed by atoms with Crippen LogP contribution in [0.5, 0.6) is 0 Å². The average Bonchev–Trinajstić information content (AvgIpc) is 2.71. The summed E-state index contributed by atoms with van der Waals surface area (Å²) in [4.78, 5) is 4.43. The lowest BCUT2D eigenvalue weighted by atomic mass is 10.2. The van der Waals surface area contributed by atoms with Crippen molar-refractivity contribution in [1.82, 2.24) is 14.7 Å². The molecule has 0 aliphatic heterocycles. The zero-order valence-electron chi connectivity index (χ0n) is 9.62. The maximum atomic E-state index is 4.43. The number of nitrogens with one attached hydrogen (secondary N) is 1. The zero-order valence-corrected chi connectivity index (χ0v) is 11.2. The first kappa shape index (κ1) is 12.9. The molecule has 0 spiro atoms. The lowest BCUT2D eigenvalue weighted by Crippen LogP contribution is -2.21. The van der Waals surface area contributed by atoms with Gasteiger partial charge in [0.15, 0.2) is 4.34 Å². The van der Waals surface area contributed by atoms with E-state index in [-0.39, 0.29) is 0 Å². The standard InChI is InChI=1S/C10H19N3S2/c1-4-9-12-10(15-13-9)14-7-8(3)6-11-5-2/h8,11H,4-7H2,1-3H3. The van der Waals surface area contributed by atoms with Crippen LogP contribution in [0.3, 0.4) is 0 Å². The first-order valence-corrected chi connectivity index (χ1v) is 7.18. The van der Waals surface area contributed by atoms with Crippen LogP contribution in [-0.2, 0) is 6.42 Å². The predicted octanol–water partition coefficient (Wildman–Crippen LogP) is 2.44. The summed E-state index contributed by atoms with van der Waals surface area (Å²) < 4.78 is 5.38. The van der Waals surface area contributed by atoms with Gasteiger partial charge in [0.2, 0.25) is 0 Å². The number of rotatable bonds is 7.